The van der Waals surface area contributed by atoms with Gasteiger partial charge in [-0.2, -0.15) is 0 Å². The molecule has 1 aliphatic heterocycles. The highest BCUT2D eigenvalue weighted by atomic mass is 16.5. The van der Waals surface area contributed by atoms with Crippen LogP contribution in [-0.4, -0.2) is 28.6 Å². The molecule has 0 saturated carbocycles. The molecule has 0 radical (unpaired) electrons. The first-order valence-corrected chi connectivity index (χ1v) is 10.4. The molecule has 1 aromatic heterocycles. The minimum absolute atomic E-state index is 0.0411. The van der Waals surface area contributed by atoms with Crippen molar-refractivity contribution in [2.75, 3.05) is 0 Å². The van der Waals surface area contributed by atoms with Crippen molar-refractivity contribution in [3.8, 4) is 0 Å². The average molecular weight is 402 g/mol. The van der Waals surface area contributed by atoms with Crippen LogP contribution >= 0.6 is 0 Å². The minimum Gasteiger partial charge on any atom is -0.462 e. The van der Waals surface area contributed by atoms with Crippen LogP contribution in [0, 0.1) is 5.92 Å². The third-order valence-corrected chi connectivity index (χ3v) is 5.77. The van der Waals surface area contributed by atoms with Crippen LogP contribution in [0.3, 0.4) is 0 Å². The third kappa shape index (κ3) is 3.84. The van der Waals surface area contributed by atoms with Crippen molar-refractivity contribution in [2.45, 2.75) is 51.6 Å². The second-order valence-corrected chi connectivity index (χ2v) is 8.25. The highest BCUT2D eigenvalue weighted by Crippen LogP contribution is 2.46. The smallest absolute Gasteiger partial charge is 0.315 e. The number of pyridine rings is 1. The molecule has 0 N–H and O–H groups in total. The van der Waals surface area contributed by atoms with Gasteiger partial charge in [-0.1, -0.05) is 36.4 Å². The normalized spacial score (nSPS) is 23.8. The second kappa shape index (κ2) is 8.34. The quantitative estimate of drug-likeness (QED) is 0.701. The van der Waals surface area contributed by atoms with E-state index in [1.54, 1.807) is 6.20 Å². The molecule has 1 unspecified atom stereocenters. The van der Waals surface area contributed by atoms with Crippen LogP contribution in [0.4, 0.5) is 0 Å². The zero-order valence-corrected chi connectivity index (χ0v) is 17.5. The van der Waals surface area contributed by atoms with Gasteiger partial charge in [0.05, 0.1) is 12.0 Å². The number of aliphatic imine (C=N–C) groups is 1. The molecule has 2 aromatic rings. The van der Waals surface area contributed by atoms with Crippen LogP contribution in [0.5, 0.6) is 0 Å². The molecule has 30 heavy (non-hydrogen) atoms. The van der Waals surface area contributed by atoms with Crippen molar-refractivity contribution < 1.29 is 14.3 Å². The van der Waals surface area contributed by atoms with E-state index < -0.39 is 11.8 Å². The number of nitrogens with zero attached hydrogens (tertiary/aromatic N) is 2. The number of rotatable bonds is 4. The maximum absolute atomic E-state index is 13.4. The van der Waals surface area contributed by atoms with Crippen molar-refractivity contribution in [1.82, 2.24) is 4.98 Å². The van der Waals surface area contributed by atoms with Crippen molar-refractivity contribution in [3.05, 3.63) is 77.3 Å². The summed E-state index contributed by atoms with van der Waals surface area (Å²) >= 11 is 0. The lowest BCUT2D eigenvalue weighted by Gasteiger charge is -2.36. The summed E-state index contributed by atoms with van der Waals surface area (Å²) in [5, 5.41) is 0. The molecule has 0 spiro atoms. The van der Waals surface area contributed by atoms with Crippen LogP contribution in [0.15, 0.2) is 71.0 Å². The number of esters is 1. The highest BCUT2D eigenvalue weighted by molar-refractivity contribution is 6.09. The first-order chi connectivity index (χ1) is 14.5. The van der Waals surface area contributed by atoms with Gasteiger partial charge in [-0.3, -0.25) is 19.6 Å². The molecular weight excluding hydrogens is 376 g/mol. The van der Waals surface area contributed by atoms with Crippen LogP contribution in [0.25, 0.3) is 0 Å². The maximum Gasteiger partial charge on any atom is 0.315 e. The van der Waals surface area contributed by atoms with E-state index in [2.05, 4.69) is 17.1 Å². The predicted octanol–water partition coefficient (Wildman–Crippen LogP) is 4.61. The average Bonchev–Trinajstić information content (AvgIpc) is 2.73. The zero-order valence-electron chi connectivity index (χ0n) is 17.5. The highest BCUT2D eigenvalue weighted by Gasteiger charge is 2.45. The van der Waals surface area contributed by atoms with E-state index in [1.807, 2.05) is 57.2 Å². The molecule has 3 atom stereocenters. The molecule has 154 valence electrons. The van der Waals surface area contributed by atoms with E-state index in [1.165, 1.54) is 0 Å². The summed E-state index contributed by atoms with van der Waals surface area (Å²) in [4.78, 5) is 35.7. The molecule has 0 saturated heterocycles. The van der Waals surface area contributed by atoms with E-state index in [0.717, 1.165) is 11.3 Å². The summed E-state index contributed by atoms with van der Waals surface area (Å²) in [6.45, 7) is 5.50. The Morgan fingerprint density at radius 2 is 1.80 bits per heavy atom. The number of carbonyl (C=O) groups is 2. The molecule has 5 heteroatoms. The van der Waals surface area contributed by atoms with E-state index >= 15 is 0 Å². The Kier molecular flexibility index (Phi) is 5.62. The molecule has 2 aliphatic rings. The van der Waals surface area contributed by atoms with Crippen molar-refractivity contribution in [2.24, 2.45) is 10.9 Å². The van der Waals surface area contributed by atoms with Crippen LogP contribution < -0.4 is 0 Å². The summed E-state index contributed by atoms with van der Waals surface area (Å²) in [5.41, 5.74) is 3.92. The van der Waals surface area contributed by atoms with Crippen LogP contribution in [-0.2, 0) is 14.3 Å². The van der Waals surface area contributed by atoms with Gasteiger partial charge in [-0.15, -0.1) is 0 Å². The SMILES string of the molecule is CC1=NC2=C(C(=O)C[C@@H](c3ccccc3)C2)[C@H](c2ccccn2)C1C(=O)OC(C)C. The van der Waals surface area contributed by atoms with Gasteiger partial charge in [0.15, 0.2) is 5.78 Å². The molecule has 1 aromatic carbocycles. The molecule has 5 nitrogen and oxygen atoms in total. The second-order valence-electron chi connectivity index (χ2n) is 8.25. The van der Waals surface area contributed by atoms with E-state index in [0.29, 0.717) is 29.8 Å². The lowest BCUT2D eigenvalue weighted by molar-refractivity contribution is -0.150. The van der Waals surface area contributed by atoms with Crippen molar-refractivity contribution >= 4 is 17.5 Å². The first-order valence-electron chi connectivity index (χ1n) is 10.4. The molecule has 0 fully saturated rings. The number of ether oxygens (including phenoxy) is 1. The van der Waals surface area contributed by atoms with Gasteiger partial charge < -0.3 is 4.74 Å². The van der Waals surface area contributed by atoms with E-state index in [9.17, 15) is 9.59 Å². The van der Waals surface area contributed by atoms with E-state index in [4.69, 9.17) is 9.73 Å². The molecule has 1 aliphatic carbocycles. The van der Waals surface area contributed by atoms with Gasteiger partial charge in [0.2, 0.25) is 0 Å². The zero-order chi connectivity index (χ0) is 21.3. The number of carbonyl (C=O) groups excluding carboxylic acids is 2. The fourth-order valence-electron chi connectivity index (χ4n) is 4.51. The standard InChI is InChI=1S/C25H26N2O3/c1-15(2)30-25(29)22-16(3)27-20-13-18(17-9-5-4-6-10-17)14-21(28)23(20)24(22)19-11-7-8-12-26-19/h4-12,15,18,22,24H,13-14H2,1-3H3/t18-,22?,24+/m0/s1. The van der Waals surface area contributed by atoms with Crippen LogP contribution in [0.1, 0.15) is 56.7 Å². The first kappa shape index (κ1) is 20.2. The number of ketones is 1. The Morgan fingerprint density at radius 3 is 2.47 bits per heavy atom. The topological polar surface area (TPSA) is 68.6 Å². The maximum atomic E-state index is 13.4. The summed E-state index contributed by atoms with van der Waals surface area (Å²) in [6.07, 6.45) is 2.54. The summed E-state index contributed by atoms with van der Waals surface area (Å²) < 4.78 is 5.54. The van der Waals surface area contributed by atoms with Gasteiger partial charge in [-0.25, -0.2) is 0 Å². The van der Waals surface area contributed by atoms with E-state index in [-0.39, 0.29) is 23.8 Å². The molecule has 0 amide bonds. The Hall–Kier alpha value is -3.08. The van der Waals surface area contributed by atoms with Crippen molar-refractivity contribution in [1.29, 1.82) is 0 Å². The Balaban J connectivity index is 1.78. The molecule has 2 heterocycles. The monoisotopic (exact) mass is 402 g/mol. The number of Topliss-reactive ketones (excluding diaryl/α,β-unsaturated/α-hetero) is 1. The number of hydrogen-bond acceptors (Lipinski definition) is 5. The molecule has 4 rings (SSSR count). The Labute approximate surface area is 176 Å². The van der Waals surface area contributed by atoms with Crippen molar-refractivity contribution in [3.63, 3.8) is 0 Å². The van der Waals surface area contributed by atoms with Gasteiger partial charge in [0.25, 0.3) is 0 Å². The largest absolute Gasteiger partial charge is 0.462 e. The summed E-state index contributed by atoms with van der Waals surface area (Å²) in [5.74, 6) is -1.32. The van der Waals surface area contributed by atoms with Crippen LogP contribution in [0.2, 0.25) is 0 Å². The Bertz CT molecular complexity index is 1010. The number of hydrogen-bond donors (Lipinski definition) is 0. The minimum atomic E-state index is -0.640. The van der Waals surface area contributed by atoms with Gasteiger partial charge >= 0.3 is 5.97 Å². The number of allylic oxidation sites excluding steroid dienone is 2. The van der Waals surface area contributed by atoms with Gasteiger partial charge in [0, 0.05) is 35.3 Å². The molecule has 0 bridgehead atoms. The van der Waals surface area contributed by atoms with Gasteiger partial charge in [-0.05, 0) is 50.8 Å². The predicted molar refractivity (Wildman–Crippen MR) is 115 cm³/mol. The lowest BCUT2D eigenvalue weighted by atomic mass is 9.70. The number of aromatic nitrogens is 1. The summed E-state index contributed by atoms with van der Waals surface area (Å²) in [6, 6.07) is 15.7. The Morgan fingerprint density at radius 1 is 1.07 bits per heavy atom. The number of benzene rings is 1. The molecular formula is C25H26N2O3. The lowest BCUT2D eigenvalue weighted by Crippen LogP contribution is -2.39. The van der Waals surface area contributed by atoms with Gasteiger partial charge in [0.1, 0.15) is 5.92 Å². The third-order valence-electron chi connectivity index (χ3n) is 5.77. The fourth-order valence-corrected chi connectivity index (χ4v) is 4.51. The summed E-state index contributed by atoms with van der Waals surface area (Å²) in [7, 11) is 0. The fraction of sp³-hybridized carbons (Fsp3) is 0.360.